The van der Waals surface area contributed by atoms with Gasteiger partial charge in [0, 0.05) is 24.0 Å². The molecule has 6 heteroatoms. The SMILES string of the molecule is CCNC(=O)[C@@H](Cc1ccccc1)N(Cc1ccc(Br)cc1)C(=O)COc1ccc(C(C)(C)C)cc1. The molecule has 0 aromatic heterocycles. The quantitative estimate of drug-likeness (QED) is 0.341. The number of likely N-dealkylation sites (N-methyl/N-ethyl adjacent to an activating group) is 1. The fourth-order valence-electron chi connectivity index (χ4n) is 3.91. The van der Waals surface area contributed by atoms with Crippen LogP contribution in [0.1, 0.15) is 44.4 Å². The molecule has 1 atom stereocenters. The van der Waals surface area contributed by atoms with Crippen molar-refractivity contribution in [3.63, 3.8) is 0 Å². The molecule has 2 amide bonds. The van der Waals surface area contributed by atoms with Gasteiger partial charge in [-0.15, -0.1) is 0 Å². The lowest BCUT2D eigenvalue weighted by molar-refractivity contribution is -0.142. The number of carbonyl (C=O) groups excluding carboxylic acids is 2. The number of ether oxygens (including phenoxy) is 1. The molecule has 190 valence electrons. The van der Waals surface area contributed by atoms with E-state index in [2.05, 4.69) is 42.0 Å². The molecule has 0 radical (unpaired) electrons. The minimum atomic E-state index is -0.671. The molecule has 0 saturated carbocycles. The summed E-state index contributed by atoms with van der Waals surface area (Å²) in [5, 5.41) is 2.91. The van der Waals surface area contributed by atoms with Crippen LogP contribution in [0.3, 0.4) is 0 Å². The minimum absolute atomic E-state index is 0.0348. The number of nitrogens with zero attached hydrogens (tertiary/aromatic N) is 1. The second kappa shape index (κ2) is 12.7. The summed E-state index contributed by atoms with van der Waals surface area (Å²) in [7, 11) is 0. The molecule has 0 fully saturated rings. The topological polar surface area (TPSA) is 58.6 Å². The Balaban J connectivity index is 1.85. The van der Waals surface area contributed by atoms with E-state index in [1.807, 2.05) is 85.8 Å². The van der Waals surface area contributed by atoms with E-state index in [1.165, 1.54) is 5.56 Å². The first kappa shape index (κ1) is 27.5. The van der Waals surface area contributed by atoms with Gasteiger partial charge in [-0.2, -0.15) is 0 Å². The molecule has 0 aliphatic rings. The molecular formula is C30H35BrN2O3. The number of halogens is 1. The number of nitrogens with one attached hydrogen (secondary N) is 1. The lowest BCUT2D eigenvalue weighted by Gasteiger charge is -2.31. The third-order valence-electron chi connectivity index (χ3n) is 5.97. The molecule has 0 unspecified atom stereocenters. The summed E-state index contributed by atoms with van der Waals surface area (Å²) in [6.07, 6.45) is 0.412. The third-order valence-corrected chi connectivity index (χ3v) is 6.50. The highest BCUT2D eigenvalue weighted by Crippen LogP contribution is 2.24. The fourth-order valence-corrected chi connectivity index (χ4v) is 4.18. The van der Waals surface area contributed by atoms with Crippen LogP contribution in [0.4, 0.5) is 0 Å². The van der Waals surface area contributed by atoms with Crippen molar-refractivity contribution in [2.24, 2.45) is 0 Å². The van der Waals surface area contributed by atoms with E-state index < -0.39 is 6.04 Å². The largest absolute Gasteiger partial charge is 0.484 e. The number of rotatable bonds is 10. The van der Waals surface area contributed by atoms with E-state index in [4.69, 9.17) is 4.74 Å². The number of carbonyl (C=O) groups is 2. The zero-order valence-electron chi connectivity index (χ0n) is 21.5. The standard InChI is InChI=1S/C30H35BrN2O3/c1-5-32-29(35)27(19-22-9-7-6-8-10-22)33(20-23-11-15-25(31)16-12-23)28(34)21-36-26-17-13-24(14-18-26)30(2,3)4/h6-18,27H,5,19-21H2,1-4H3,(H,32,35)/t27-/m1/s1. The third kappa shape index (κ3) is 7.95. The van der Waals surface area contributed by atoms with Crippen LogP contribution in [-0.4, -0.2) is 35.9 Å². The maximum Gasteiger partial charge on any atom is 0.261 e. The second-order valence-electron chi connectivity index (χ2n) is 9.81. The number of hydrogen-bond acceptors (Lipinski definition) is 3. The van der Waals surface area contributed by atoms with Gasteiger partial charge < -0.3 is 15.0 Å². The molecule has 36 heavy (non-hydrogen) atoms. The first-order chi connectivity index (χ1) is 17.2. The van der Waals surface area contributed by atoms with Crippen molar-refractivity contribution >= 4 is 27.7 Å². The first-order valence-corrected chi connectivity index (χ1v) is 13.1. The van der Waals surface area contributed by atoms with Gasteiger partial charge in [-0.25, -0.2) is 0 Å². The predicted octanol–water partition coefficient (Wildman–Crippen LogP) is 5.90. The van der Waals surface area contributed by atoms with Gasteiger partial charge in [0.05, 0.1) is 0 Å². The van der Waals surface area contributed by atoms with Crippen LogP contribution in [0.25, 0.3) is 0 Å². The van der Waals surface area contributed by atoms with Gasteiger partial charge in [-0.3, -0.25) is 9.59 Å². The molecule has 0 heterocycles. The highest BCUT2D eigenvalue weighted by molar-refractivity contribution is 9.10. The van der Waals surface area contributed by atoms with Gasteiger partial charge in [0.1, 0.15) is 11.8 Å². The summed E-state index contributed by atoms with van der Waals surface area (Å²) < 4.78 is 6.84. The van der Waals surface area contributed by atoms with Crippen LogP contribution in [0.2, 0.25) is 0 Å². The second-order valence-corrected chi connectivity index (χ2v) is 10.7. The lowest BCUT2D eigenvalue weighted by atomic mass is 9.87. The van der Waals surface area contributed by atoms with Crippen molar-refractivity contribution in [1.82, 2.24) is 10.2 Å². The first-order valence-electron chi connectivity index (χ1n) is 12.3. The Hall–Kier alpha value is -3.12. The van der Waals surface area contributed by atoms with E-state index in [-0.39, 0.29) is 23.8 Å². The summed E-state index contributed by atoms with van der Waals surface area (Å²) in [4.78, 5) is 28.4. The predicted molar refractivity (Wildman–Crippen MR) is 148 cm³/mol. The van der Waals surface area contributed by atoms with Crippen LogP contribution in [0.5, 0.6) is 5.75 Å². The van der Waals surface area contributed by atoms with Crippen molar-refractivity contribution in [2.75, 3.05) is 13.2 Å². The molecule has 1 N–H and O–H groups in total. The van der Waals surface area contributed by atoms with Crippen molar-refractivity contribution in [2.45, 2.75) is 52.1 Å². The number of amides is 2. The van der Waals surface area contributed by atoms with E-state index in [0.717, 1.165) is 15.6 Å². The Morgan fingerprint density at radius 1 is 0.917 bits per heavy atom. The van der Waals surface area contributed by atoms with Gasteiger partial charge in [0.2, 0.25) is 5.91 Å². The van der Waals surface area contributed by atoms with E-state index >= 15 is 0 Å². The molecule has 0 aliphatic carbocycles. The zero-order valence-corrected chi connectivity index (χ0v) is 23.0. The Morgan fingerprint density at radius 3 is 2.14 bits per heavy atom. The zero-order chi connectivity index (χ0) is 26.1. The Labute approximate surface area is 223 Å². The van der Waals surface area contributed by atoms with Crippen LogP contribution in [-0.2, 0) is 28.0 Å². The summed E-state index contributed by atoms with van der Waals surface area (Å²) in [5.41, 5.74) is 3.15. The summed E-state index contributed by atoms with van der Waals surface area (Å²) >= 11 is 3.46. The normalized spacial score (nSPS) is 12.0. The van der Waals surface area contributed by atoms with E-state index in [9.17, 15) is 9.59 Å². The molecule has 0 saturated heterocycles. The molecule has 5 nitrogen and oxygen atoms in total. The van der Waals surface area contributed by atoms with Gasteiger partial charge in [0.15, 0.2) is 6.61 Å². The Kier molecular flexibility index (Phi) is 9.71. The van der Waals surface area contributed by atoms with Gasteiger partial charge in [-0.1, -0.05) is 91.3 Å². The lowest BCUT2D eigenvalue weighted by Crippen LogP contribution is -2.51. The number of benzene rings is 3. The molecule has 0 bridgehead atoms. The van der Waals surface area contributed by atoms with E-state index in [1.54, 1.807) is 4.90 Å². The van der Waals surface area contributed by atoms with Crippen LogP contribution in [0, 0.1) is 0 Å². The Bertz CT molecular complexity index is 1120. The summed E-state index contributed by atoms with van der Waals surface area (Å²) in [6.45, 7) is 8.97. The average Bonchev–Trinajstić information content (AvgIpc) is 2.86. The van der Waals surface area contributed by atoms with Crippen molar-refractivity contribution in [1.29, 1.82) is 0 Å². The molecule has 0 aliphatic heterocycles. The highest BCUT2D eigenvalue weighted by atomic mass is 79.9. The molecule has 0 spiro atoms. The van der Waals surface area contributed by atoms with Crippen LogP contribution >= 0.6 is 15.9 Å². The number of hydrogen-bond donors (Lipinski definition) is 1. The smallest absolute Gasteiger partial charge is 0.261 e. The molecule has 3 rings (SSSR count). The van der Waals surface area contributed by atoms with Gasteiger partial charge in [-0.05, 0) is 53.3 Å². The van der Waals surface area contributed by atoms with Crippen molar-refractivity contribution in [3.8, 4) is 5.75 Å². The highest BCUT2D eigenvalue weighted by Gasteiger charge is 2.30. The summed E-state index contributed by atoms with van der Waals surface area (Å²) in [5.74, 6) is 0.198. The average molecular weight is 552 g/mol. The van der Waals surface area contributed by atoms with E-state index in [0.29, 0.717) is 25.3 Å². The monoisotopic (exact) mass is 550 g/mol. The molecule has 3 aromatic rings. The minimum Gasteiger partial charge on any atom is -0.484 e. The summed E-state index contributed by atoms with van der Waals surface area (Å²) in [6, 6.07) is 24.7. The van der Waals surface area contributed by atoms with Crippen LogP contribution < -0.4 is 10.1 Å². The fraction of sp³-hybridized carbons (Fsp3) is 0.333. The maximum atomic E-state index is 13.6. The Morgan fingerprint density at radius 2 is 1.56 bits per heavy atom. The molecule has 3 aromatic carbocycles. The van der Waals surface area contributed by atoms with Gasteiger partial charge in [0.25, 0.3) is 5.91 Å². The maximum absolute atomic E-state index is 13.6. The van der Waals surface area contributed by atoms with Crippen LogP contribution in [0.15, 0.2) is 83.3 Å². The van der Waals surface area contributed by atoms with Crippen molar-refractivity contribution in [3.05, 3.63) is 100 Å². The molecular weight excluding hydrogens is 516 g/mol. The van der Waals surface area contributed by atoms with Gasteiger partial charge >= 0.3 is 0 Å². The van der Waals surface area contributed by atoms with Crippen molar-refractivity contribution < 1.29 is 14.3 Å².